The number of nitrogens with one attached hydrogen (secondary N) is 1. The van der Waals surface area contributed by atoms with Crippen molar-refractivity contribution in [1.29, 1.82) is 5.26 Å². The summed E-state index contributed by atoms with van der Waals surface area (Å²) >= 11 is 0. The SMILES string of the molecule is COc1cc(CNC(=O)CCC(=O)C(C#N)=C2N(C)c3ccccc3N2C)ccn1. The van der Waals surface area contributed by atoms with Crippen LogP contribution in [0.2, 0.25) is 0 Å². The summed E-state index contributed by atoms with van der Waals surface area (Å²) in [6, 6.07) is 13.2. The number of nitrogens with zero attached hydrogens (tertiary/aromatic N) is 4. The molecule has 1 aliphatic rings. The van der Waals surface area contributed by atoms with Gasteiger partial charge in [0.15, 0.2) is 5.78 Å². The molecule has 0 fully saturated rings. The fraction of sp³-hybridized carbons (Fsp3) is 0.273. The number of rotatable bonds is 7. The molecule has 2 aromatic rings. The topological polar surface area (TPSA) is 98.6 Å². The van der Waals surface area contributed by atoms with E-state index in [4.69, 9.17) is 4.74 Å². The first-order valence-electron chi connectivity index (χ1n) is 9.46. The minimum absolute atomic E-state index is 0.000110. The molecule has 1 N–H and O–H groups in total. The fourth-order valence-electron chi connectivity index (χ4n) is 3.37. The predicted octanol–water partition coefficient (Wildman–Crippen LogP) is 2.38. The number of para-hydroxylation sites is 2. The Morgan fingerprint density at radius 1 is 1.13 bits per heavy atom. The number of nitriles is 1. The molecular weight excluding hydrogens is 382 g/mol. The number of ether oxygens (including phenoxy) is 1. The van der Waals surface area contributed by atoms with Crippen molar-refractivity contribution in [2.45, 2.75) is 19.4 Å². The van der Waals surface area contributed by atoms with E-state index < -0.39 is 0 Å². The van der Waals surface area contributed by atoms with Crippen LogP contribution >= 0.6 is 0 Å². The molecule has 154 valence electrons. The number of methoxy groups -OCH3 is 1. The van der Waals surface area contributed by atoms with E-state index in [0.29, 0.717) is 18.2 Å². The Kier molecular flexibility index (Phi) is 6.32. The summed E-state index contributed by atoms with van der Waals surface area (Å²) in [5.74, 6) is 0.360. The van der Waals surface area contributed by atoms with Gasteiger partial charge in [-0.1, -0.05) is 12.1 Å². The lowest BCUT2D eigenvalue weighted by Gasteiger charge is -2.19. The third kappa shape index (κ3) is 4.25. The standard InChI is InChI=1S/C22H23N5O3/c1-26-17-6-4-5-7-18(17)27(2)22(26)16(13-23)19(28)8-9-20(29)25-14-15-10-11-24-21(12-15)30-3/h4-7,10-12H,8-9,14H2,1-3H3,(H,25,29). The molecule has 0 bridgehead atoms. The van der Waals surface area contributed by atoms with Crippen molar-refractivity contribution in [3.8, 4) is 11.9 Å². The van der Waals surface area contributed by atoms with Gasteiger partial charge in [-0.3, -0.25) is 9.59 Å². The van der Waals surface area contributed by atoms with E-state index in [2.05, 4.69) is 10.3 Å². The summed E-state index contributed by atoms with van der Waals surface area (Å²) in [7, 11) is 5.16. The number of fused-ring (bicyclic) bond motifs is 1. The molecule has 0 unspecified atom stereocenters. The first kappa shape index (κ1) is 20.9. The molecule has 0 aliphatic carbocycles. The minimum Gasteiger partial charge on any atom is -0.481 e. The number of anilines is 2. The lowest BCUT2D eigenvalue weighted by molar-refractivity contribution is -0.124. The van der Waals surface area contributed by atoms with Crippen molar-refractivity contribution in [2.24, 2.45) is 0 Å². The number of hydrogen-bond acceptors (Lipinski definition) is 7. The quantitative estimate of drug-likeness (QED) is 0.558. The van der Waals surface area contributed by atoms with Gasteiger partial charge in [-0.15, -0.1) is 0 Å². The monoisotopic (exact) mass is 405 g/mol. The maximum atomic E-state index is 12.7. The van der Waals surface area contributed by atoms with Gasteiger partial charge in [0.2, 0.25) is 11.8 Å². The molecule has 0 atom stereocenters. The van der Waals surface area contributed by atoms with Crippen molar-refractivity contribution < 1.29 is 14.3 Å². The predicted molar refractivity (Wildman–Crippen MR) is 113 cm³/mol. The lowest BCUT2D eigenvalue weighted by Crippen LogP contribution is -2.27. The number of Topliss-reactive ketones (excluding diaryl/α,β-unsaturated/α-hetero) is 1. The zero-order chi connectivity index (χ0) is 21.7. The van der Waals surface area contributed by atoms with Crippen molar-refractivity contribution >= 4 is 23.1 Å². The van der Waals surface area contributed by atoms with Crippen LogP contribution in [0.5, 0.6) is 5.88 Å². The normalized spacial score (nSPS) is 12.3. The number of pyridine rings is 1. The van der Waals surface area contributed by atoms with Gasteiger partial charge in [-0.25, -0.2) is 4.98 Å². The Morgan fingerprint density at radius 2 is 1.80 bits per heavy atom. The summed E-state index contributed by atoms with van der Waals surface area (Å²) in [5.41, 5.74) is 2.72. The lowest BCUT2D eigenvalue weighted by atomic mass is 10.1. The minimum atomic E-state index is -0.361. The second-order valence-electron chi connectivity index (χ2n) is 6.82. The fourth-order valence-corrected chi connectivity index (χ4v) is 3.37. The van der Waals surface area contributed by atoms with E-state index in [9.17, 15) is 14.9 Å². The molecule has 1 aromatic heterocycles. The maximum Gasteiger partial charge on any atom is 0.220 e. The van der Waals surface area contributed by atoms with E-state index in [1.165, 1.54) is 7.11 Å². The molecule has 8 nitrogen and oxygen atoms in total. The highest BCUT2D eigenvalue weighted by Gasteiger charge is 2.31. The van der Waals surface area contributed by atoms with E-state index in [-0.39, 0.29) is 30.1 Å². The van der Waals surface area contributed by atoms with Gasteiger partial charge in [0.1, 0.15) is 17.5 Å². The smallest absolute Gasteiger partial charge is 0.220 e. The second-order valence-corrected chi connectivity index (χ2v) is 6.82. The highest BCUT2D eigenvalue weighted by molar-refractivity contribution is 6.03. The third-order valence-corrected chi connectivity index (χ3v) is 4.93. The zero-order valence-corrected chi connectivity index (χ0v) is 17.2. The molecule has 3 rings (SSSR count). The van der Waals surface area contributed by atoms with Crippen LogP contribution in [0.1, 0.15) is 18.4 Å². The molecule has 1 aliphatic heterocycles. The average Bonchev–Trinajstić information content (AvgIpc) is 3.02. The van der Waals surface area contributed by atoms with Crippen LogP contribution in [0, 0.1) is 11.3 Å². The van der Waals surface area contributed by atoms with Crippen molar-refractivity contribution in [1.82, 2.24) is 10.3 Å². The molecule has 0 spiro atoms. The van der Waals surface area contributed by atoms with Gasteiger partial charge in [-0.05, 0) is 23.8 Å². The van der Waals surface area contributed by atoms with E-state index in [1.54, 1.807) is 18.3 Å². The molecule has 0 saturated heterocycles. The van der Waals surface area contributed by atoms with Gasteiger partial charge >= 0.3 is 0 Å². The van der Waals surface area contributed by atoms with Crippen LogP contribution in [0.3, 0.4) is 0 Å². The van der Waals surface area contributed by atoms with Gasteiger partial charge < -0.3 is 19.9 Å². The molecule has 1 aromatic carbocycles. The first-order chi connectivity index (χ1) is 14.5. The van der Waals surface area contributed by atoms with E-state index >= 15 is 0 Å². The number of aromatic nitrogens is 1. The Morgan fingerprint density at radius 3 is 2.40 bits per heavy atom. The van der Waals surface area contributed by atoms with Crippen LogP contribution < -0.4 is 19.9 Å². The van der Waals surface area contributed by atoms with E-state index in [0.717, 1.165) is 16.9 Å². The Balaban J connectivity index is 1.63. The van der Waals surface area contributed by atoms with Crippen molar-refractivity contribution in [3.05, 3.63) is 59.6 Å². The molecule has 1 amide bonds. The van der Waals surface area contributed by atoms with Gasteiger partial charge in [0.05, 0.1) is 18.5 Å². The second kappa shape index (κ2) is 9.09. The van der Waals surface area contributed by atoms with Crippen molar-refractivity contribution in [3.63, 3.8) is 0 Å². The Hall–Kier alpha value is -3.86. The number of ketones is 1. The highest BCUT2D eigenvalue weighted by atomic mass is 16.5. The number of carbonyl (C=O) groups is 2. The van der Waals surface area contributed by atoms with Crippen LogP contribution in [-0.4, -0.2) is 37.9 Å². The van der Waals surface area contributed by atoms with Crippen LogP contribution in [-0.2, 0) is 16.1 Å². The molecule has 0 radical (unpaired) electrons. The maximum absolute atomic E-state index is 12.7. The van der Waals surface area contributed by atoms with Crippen LogP contribution in [0.15, 0.2) is 54.0 Å². The first-order valence-corrected chi connectivity index (χ1v) is 9.46. The molecular formula is C22H23N5O3. The average molecular weight is 405 g/mol. The molecule has 0 saturated carbocycles. The van der Waals surface area contributed by atoms with Crippen LogP contribution in [0.25, 0.3) is 0 Å². The number of benzene rings is 1. The van der Waals surface area contributed by atoms with Crippen LogP contribution in [0.4, 0.5) is 11.4 Å². The third-order valence-electron chi connectivity index (χ3n) is 4.93. The molecule has 8 heteroatoms. The molecule has 30 heavy (non-hydrogen) atoms. The summed E-state index contributed by atoms with van der Waals surface area (Å²) in [6.07, 6.45) is 1.55. The zero-order valence-electron chi connectivity index (χ0n) is 17.2. The number of allylic oxidation sites excluding steroid dienone is 1. The number of carbonyl (C=O) groups excluding carboxylic acids is 2. The van der Waals surface area contributed by atoms with Gasteiger partial charge in [0, 0.05) is 45.7 Å². The Labute approximate surface area is 175 Å². The van der Waals surface area contributed by atoms with Crippen molar-refractivity contribution in [2.75, 3.05) is 31.0 Å². The summed E-state index contributed by atoms with van der Waals surface area (Å²) < 4.78 is 5.06. The van der Waals surface area contributed by atoms with E-state index in [1.807, 2.05) is 54.2 Å². The Bertz CT molecular complexity index is 1010. The number of amides is 1. The molecule has 2 heterocycles. The summed E-state index contributed by atoms with van der Waals surface area (Å²) in [5, 5.41) is 12.4. The summed E-state index contributed by atoms with van der Waals surface area (Å²) in [4.78, 5) is 32.6. The van der Waals surface area contributed by atoms with Gasteiger partial charge in [-0.2, -0.15) is 5.26 Å². The highest BCUT2D eigenvalue weighted by Crippen LogP contribution is 2.40. The van der Waals surface area contributed by atoms with Gasteiger partial charge in [0.25, 0.3) is 0 Å². The summed E-state index contributed by atoms with van der Waals surface area (Å²) in [6.45, 7) is 0.304. The largest absolute Gasteiger partial charge is 0.481 e. The number of hydrogen-bond donors (Lipinski definition) is 1.